The van der Waals surface area contributed by atoms with E-state index in [1.807, 2.05) is 21.1 Å². The van der Waals surface area contributed by atoms with Gasteiger partial charge in [0.1, 0.15) is 18.8 Å². The Hall–Kier alpha value is -0.0100. The van der Waals surface area contributed by atoms with Crippen LogP contribution in [0.2, 0.25) is 0 Å². The predicted molar refractivity (Wildman–Crippen MR) is 62.3 cm³/mol. The minimum absolute atomic E-state index is 0.443. The first kappa shape index (κ1) is 17.0. The van der Waals surface area contributed by atoms with Crippen LogP contribution in [0.4, 0.5) is 0 Å². The van der Waals surface area contributed by atoms with E-state index in [-0.39, 0.29) is 0 Å². The first-order valence-corrected chi connectivity index (χ1v) is 6.80. The highest BCUT2D eigenvalue weighted by Gasteiger charge is 2.28. The molecule has 0 saturated heterocycles. The third-order valence-corrected chi connectivity index (χ3v) is 2.86. The van der Waals surface area contributed by atoms with Crippen molar-refractivity contribution >= 4 is 7.82 Å². The SMILES string of the molecule is CC(C[N+](C)(C)C)OP(=O)(O)OCC(O)CO. The van der Waals surface area contributed by atoms with Crippen molar-refractivity contribution in [1.82, 2.24) is 0 Å². The fraction of sp³-hybridized carbons (Fsp3) is 1.00. The van der Waals surface area contributed by atoms with Gasteiger partial charge in [-0.2, -0.15) is 0 Å². The van der Waals surface area contributed by atoms with Crippen LogP contribution in [-0.4, -0.2) is 72.7 Å². The van der Waals surface area contributed by atoms with Gasteiger partial charge in [-0.3, -0.25) is 9.05 Å². The number of hydrogen-bond acceptors (Lipinski definition) is 5. The Labute approximate surface area is 102 Å². The van der Waals surface area contributed by atoms with Crippen LogP contribution in [0.25, 0.3) is 0 Å². The molecule has 0 spiro atoms. The fourth-order valence-electron chi connectivity index (χ4n) is 1.30. The molecule has 0 aliphatic rings. The summed E-state index contributed by atoms with van der Waals surface area (Å²) in [6.07, 6.45) is -1.65. The lowest BCUT2D eigenvalue weighted by molar-refractivity contribution is -0.873. The Kier molecular flexibility index (Phi) is 6.79. The quantitative estimate of drug-likeness (QED) is 0.410. The van der Waals surface area contributed by atoms with Crippen LogP contribution in [0.1, 0.15) is 6.92 Å². The van der Waals surface area contributed by atoms with Crippen molar-refractivity contribution in [2.75, 3.05) is 40.9 Å². The Morgan fingerprint density at radius 1 is 1.35 bits per heavy atom. The molecule has 0 aromatic carbocycles. The van der Waals surface area contributed by atoms with Gasteiger partial charge in [-0.25, -0.2) is 4.57 Å². The van der Waals surface area contributed by atoms with Gasteiger partial charge in [-0.05, 0) is 6.92 Å². The van der Waals surface area contributed by atoms with Gasteiger partial charge in [-0.1, -0.05) is 0 Å². The zero-order valence-electron chi connectivity index (χ0n) is 10.7. The number of quaternary nitrogens is 1. The van der Waals surface area contributed by atoms with Crippen molar-refractivity contribution in [3.8, 4) is 0 Å². The average molecular weight is 272 g/mol. The van der Waals surface area contributed by atoms with Crippen molar-refractivity contribution in [2.45, 2.75) is 19.1 Å². The van der Waals surface area contributed by atoms with Gasteiger partial charge in [-0.15, -0.1) is 0 Å². The largest absolute Gasteiger partial charge is 0.472 e. The van der Waals surface area contributed by atoms with Crippen LogP contribution in [0.5, 0.6) is 0 Å². The maximum atomic E-state index is 11.4. The Morgan fingerprint density at radius 3 is 2.29 bits per heavy atom. The zero-order valence-corrected chi connectivity index (χ0v) is 11.6. The molecule has 0 amide bonds. The van der Waals surface area contributed by atoms with Crippen molar-refractivity contribution in [3.63, 3.8) is 0 Å². The summed E-state index contributed by atoms with van der Waals surface area (Å²) in [5.74, 6) is 0. The number of hydrogen-bond donors (Lipinski definition) is 3. The molecule has 0 rings (SSSR count). The maximum Gasteiger partial charge on any atom is 0.472 e. The molecule has 17 heavy (non-hydrogen) atoms. The first-order chi connectivity index (χ1) is 7.56. The number of phosphoric acid groups is 1. The van der Waals surface area contributed by atoms with Gasteiger partial charge in [0, 0.05) is 0 Å². The number of aliphatic hydroxyl groups is 2. The zero-order chi connectivity index (χ0) is 13.7. The van der Waals surface area contributed by atoms with Crippen molar-refractivity contribution in [2.24, 2.45) is 0 Å². The molecule has 3 N–H and O–H groups in total. The van der Waals surface area contributed by atoms with E-state index < -0.39 is 33.2 Å². The highest BCUT2D eigenvalue weighted by atomic mass is 31.2. The number of phosphoric ester groups is 1. The van der Waals surface area contributed by atoms with E-state index in [0.29, 0.717) is 11.0 Å². The van der Waals surface area contributed by atoms with E-state index in [1.165, 1.54) is 0 Å². The summed E-state index contributed by atoms with van der Waals surface area (Å²) in [5.41, 5.74) is 0. The monoisotopic (exact) mass is 272 g/mol. The molecule has 0 aliphatic carbocycles. The summed E-state index contributed by atoms with van der Waals surface area (Å²) >= 11 is 0. The Balaban J connectivity index is 4.12. The predicted octanol–water partition coefficient (Wildman–Crippen LogP) is -0.432. The number of nitrogens with zero attached hydrogens (tertiary/aromatic N) is 1. The maximum absolute atomic E-state index is 11.4. The molecule has 7 nitrogen and oxygen atoms in total. The summed E-state index contributed by atoms with van der Waals surface area (Å²) < 4.78 is 21.5. The fourth-order valence-corrected chi connectivity index (χ4v) is 2.24. The lowest BCUT2D eigenvalue weighted by atomic mass is 10.3. The van der Waals surface area contributed by atoms with Crippen LogP contribution in [0, 0.1) is 0 Å². The molecule has 0 radical (unpaired) electrons. The second kappa shape index (κ2) is 6.80. The molecule has 0 fully saturated rings. The highest BCUT2D eigenvalue weighted by Crippen LogP contribution is 2.44. The van der Waals surface area contributed by atoms with Crippen LogP contribution in [0.15, 0.2) is 0 Å². The molecule has 0 aromatic heterocycles. The number of aliphatic hydroxyl groups excluding tert-OH is 2. The van der Waals surface area contributed by atoms with E-state index in [4.69, 9.17) is 14.7 Å². The molecule has 3 unspecified atom stereocenters. The van der Waals surface area contributed by atoms with E-state index in [0.717, 1.165) is 0 Å². The van der Waals surface area contributed by atoms with Crippen LogP contribution in [-0.2, 0) is 13.6 Å². The number of rotatable bonds is 8. The lowest BCUT2D eigenvalue weighted by Crippen LogP contribution is -2.41. The van der Waals surface area contributed by atoms with E-state index in [9.17, 15) is 9.46 Å². The summed E-state index contributed by atoms with van der Waals surface area (Å²) in [4.78, 5) is 9.34. The number of likely N-dealkylation sites (N-methyl/N-ethyl adjacent to an activating group) is 1. The third-order valence-electron chi connectivity index (χ3n) is 1.76. The van der Waals surface area contributed by atoms with Gasteiger partial charge in [0.2, 0.25) is 0 Å². The van der Waals surface area contributed by atoms with Gasteiger partial charge in [0.15, 0.2) is 0 Å². The van der Waals surface area contributed by atoms with Gasteiger partial charge < -0.3 is 19.6 Å². The van der Waals surface area contributed by atoms with Crippen molar-refractivity contribution < 1.29 is 33.2 Å². The third kappa shape index (κ3) is 9.67. The normalized spacial score (nSPS) is 19.7. The molecule has 104 valence electrons. The molecule has 0 saturated carbocycles. The summed E-state index contributed by atoms with van der Waals surface area (Å²) in [7, 11) is 1.60. The minimum atomic E-state index is -4.18. The Morgan fingerprint density at radius 2 is 1.88 bits per heavy atom. The second-order valence-corrected chi connectivity index (χ2v) is 6.40. The summed E-state index contributed by atoms with van der Waals surface area (Å²) in [5, 5.41) is 17.5. The smallest absolute Gasteiger partial charge is 0.394 e. The molecule has 3 atom stereocenters. The average Bonchev–Trinajstić information content (AvgIpc) is 2.10. The van der Waals surface area contributed by atoms with Crippen LogP contribution in [0.3, 0.4) is 0 Å². The molecule has 0 aromatic rings. The van der Waals surface area contributed by atoms with E-state index in [2.05, 4.69) is 4.52 Å². The second-order valence-electron chi connectivity index (χ2n) is 4.99. The molecular weight excluding hydrogens is 249 g/mol. The van der Waals surface area contributed by atoms with Gasteiger partial charge in [0.05, 0.1) is 34.4 Å². The standard InChI is InChI=1S/C9H22NO6P/c1-8(5-10(2,3)4)16-17(13,14)15-7-9(12)6-11/h8-9,11-12H,5-7H2,1-4H3/p+1. The first-order valence-electron chi connectivity index (χ1n) is 5.31. The van der Waals surface area contributed by atoms with E-state index in [1.54, 1.807) is 6.92 Å². The topological polar surface area (TPSA) is 96.2 Å². The summed E-state index contributed by atoms with van der Waals surface area (Å²) in [6.45, 7) is 1.23. The van der Waals surface area contributed by atoms with Crippen LogP contribution >= 0.6 is 7.82 Å². The molecule has 0 aliphatic heterocycles. The highest BCUT2D eigenvalue weighted by molar-refractivity contribution is 7.47. The lowest BCUT2D eigenvalue weighted by Gasteiger charge is -2.28. The van der Waals surface area contributed by atoms with Gasteiger partial charge in [0.25, 0.3) is 0 Å². The molecule has 0 heterocycles. The Bertz CT molecular complexity index is 267. The molecule has 0 bridgehead atoms. The molecule has 8 heteroatoms. The molecular formula is C9H23NO6P+. The van der Waals surface area contributed by atoms with Gasteiger partial charge >= 0.3 is 7.82 Å². The van der Waals surface area contributed by atoms with Crippen molar-refractivity contribution in [1.29, 1.82) is 0 Å². The van der Waals surface area contributed by atoms with E-state index >= 15 is 0 Å². The summed E-state index contributed by atoms with van der Waals surface area (Å²) in [6, 6.07) is 0. The van der Waals surface area contributed by atoms with Crippen LogP contribution < -0.4 is 0 Å². The minimum Gasteiger partial charge on any atom is -0.394 e. The van der Waals surface area contributed by atoms with Crippen molar-refractivity contribution in [3.05, 3.63) is 0 Å².